The number of para-hydroxylation sites is 1. The first kappa shape index (κ1) is 28.2. The predicted molar refractivity (Wildman–Crippen MR) is 166 cm³/mol. The van der Waals surface area contributed by atoms with Gasteiger partial charge in [-0.05, 0) is 55.7 Å². The van der Waals surface area contributed by atoms with Gasteiger partial charge in [0.1, 0.15) is 5.69 Å². The zero-order chi connectivity index (χ0) is 29.4. The maximum absolute atomic E-state index is 14.3. The largest absolute Gasteiger partial charge is 0.373 e. The molecule has 0 bridgehead atoms. The number of hydrogen-bond acceptors (Lipinski definition) is 4. The average molecular weight is 565 g/mol. The molecule has 1 atom stereocenters. The molecule has 0 radical (unpaired) electrons. The van der Waals surface area contributed by atoms with Gasteiger partial charge in [0.2, 0.25) is 0 Å². The Bertz CT molecular complexity index is 1550. The number of methoxy groups -OCH3 is 1. The molecule has 2 aliphatic heterocycles. The molecule has 218 valence electrons. The fraction of sp³-hybridized carbons (Fsp3) is 0.371. The number of benzene rings is 2. The van der Waals surface area contributed by atoms with Crippen LogP contribution in [0.1, 0.15) is 54.5 Å². The van der Waals surface area contributed by atoms with Crippen LogP contribution in [0.5, 0.6) is 0 Å². The van der Waals surface area contributed by atoms with E-state index in [1.165, 1.54) is 0 Å². The predicted octanol–water partition coefficient (Wildman–Crippen LogP) is 5.37. The van der Waals surface area contributed by atoms with Gasteiger partial charge in [0.05, 0.1) is 18.7 Å². The number of carbonyl (C=O) groups is 2. The number of amides is 2. The van der Waals surface area contributed by atoms with E-state index < -0.39 is 5.60 Å². The number of aromatic nitrogens is 1. The first-order valence-electron chi connectivity index (χ1n) is 14.9. The molecule has 0 N–H and O–H groups in total. The quantitative estimate of drug-likeness (QED) is 0.418. The van der Waals surface area contributed by atoms with Gasteiger partial charge in [-0.3, -0.25) is 14.5 Å². The molecule has 2 amide bonds. The molecule has 7 nitrogen and oxygen atoms in total. The lowest BCUT2D eigenvalue weighted by Gasteiger charge is -2.37. The minimum Gasteiger partial charge on any atom is -0.373 e. The molecule has 1 aliphatic carbocycles. The number of piperazine rings is 1. The average Bonchev–Trinajstić information content (AvgIpc) is 3.33. The van der Waals surface area contributed by atoms with Crippen LogP contribution >= 0.6 is 0 Å². The van der Waals surface area contributed by atoms with Crippen molar-refractivity contribution in [3.8, 4) is 0 Å². The highest BCUT2D eigenvalue weighted by atomic mass is 16.5. The summed E-state index contributed by atoms with van der Waals surface area (Å²) in [4.78, 5) is 34.3. The molecule has 1 fully saturated rings. The van der Waals surface area contributed by atoms with Crippen LogP contribution in [0.3, 0.4) is 0 Å². The number of fused-ring (bicyclic) bond motifs is 2. The van der Waals surface area contributed by atoms with Crippen LogP contribution in [0.25, 0.3) is 5.57 Å². The van der Waals surface area contributed by atoms with Gasteiger partial charge >= 0.3 is 0 Å². The molecule has 0 spiro atoms. The maximum Gasteiger partial charge on any atom is 0.270 e. The highest BCUT2D eigenvalue weighted by Gasteiger charge is 2.37. The summed E-state index contributed by atoms with van der Waals surface area (Å²) < 4.78 is 8.14. The Morgan fingerprint density at radius 1 is 0.833 bits per heavy atom. The summed E-state index contributed by atoms with van der Waals surface area (Å²) in [6, 6.07) is 22.6. The van der Waals surface area contributed by atoms with E-state index in [2.05, 4.69) is 41.5 Å². The minimum atomic E-state index is -0.633. The van der Waals surface area contributed by atoms with Gasteiger partial charge in [0.15, 0.2) is 0 Å². The number of nitrogens with zero attached hydrogens (tertiary/aromatic N) is 4. The molecule has 1 unspecified atom stereocenters. The van der Waals surface area contributed by atoms with Gasteiger partial charge in [-0.1, -0.05) is 60.7 Å². The lowest BCUT2D eigenvalue weighted by Crippen LogP contribution is -2.51. The summed E-state index contributed by atoms with van der Waals surface area (Å²) in [5.41, 5.74) is 5.76. The van der Waals surface area contributed by atoms with Crippen LogP contribution in [-0.2, 0) is 22.6 Å². The van der Waals surface area contributed by atoms with Gasteiger partial charge in [-0.25, -0.2) is 0 Å². The van der Waals surface area contributed by atoms with Crippen LogP contribution in [0.15, 0.2) is 84.5 Å². The van der Waals surface area contributed by atoms with Gasteiger partial charge in [-0.2, -0.15) is 0 Å². The Labute approximate surface area is 248 Å². The Morgan fingerprint density at radius 2 is 1.55 bits per heavy atom. The van der Waals surface area contributed by atoms with Crippen molar-refractivity contribution < 1.29 is 14.3 Å². The number of ether oxygens (including phenoxy) is 1. The van der Waals surface area contributed by atoms with Crippen molar-refractivity contribution >= 4 is 23.1 Å². The van der Waals surface area contributed by atoms with Crippen molar-refractivity contribution in [2.45, 2.75) is 51.9 Å². The van der Waals surface area contributed by atoms with Crippen molar-refractivity contribution in [3.63, 3.8) is 0 Å². The summed E-state index contributed by atoms with van der Waals surface area (Å²) in [7, 11) is 1.71. The number of rotatable bonds is 5. The van der Waals surface area contributed by atoms with E-state index in [0.717, 1.165) is 54.3 Å². The van der Waals surface area contributed by atoms with Crippen LogP contribution in [0.4, 0.5) is 5.69 Å². The molecular weight excluding hydrogens is 524 g/mol. The van der Waals surface area contributed by atoms with E-state index in [0.29, 0.717) is 36.8 Å². The molecule has 1 aromatic heterocycles. The summed E-state index contributed by atoms with van der Waals surface area (Å²) in [5, 5.41) is 0. The van der Waals surface area contributed by atoms with E-state index in [4.69, 9.17) is 4.74 Å². The van der Waals surface area contributed by atoms with Crippen molar-refractivity contribution in [2.24, 2.45) is 0 Å². The van der Waals surface area contributed by atoms with Gasteiger partial charge in [-0.15, -0.1) is 0 Å². The van der Waals surface area contributed by atoms with Crippen LogP contribution in [0.2, 0.25) is 0 Å². The topological polar surface area (TPSA) is 58.0 Å². The first-order valence-corrected chi connectivity index (χ1v) is 14.9. The lowest BCUT2D eigenvalue weighted by molar-refractivity contribution is -0.116. The third-order valence-corrected chi connectivity index (χ3v) is 9.16. The second-order valence-corrected chi connectivity index (χ2v) is 12.0. The van der Waals surface area contributed by atoms with Gasteiger partial charge in [0.25, 0.3) is 11.8 Å². The van der Waals surface area contributed by atoms with Crippen molar-refractivity contribution in [3.05, 3.63) is 107 Å². The number of carbonyl (C=O) groups excluding carboxylic acids is 2. The lowest BCUT2D eigenvalue weighted by atomic mass is 9.80. The Morgan fingerprint density at radius 3 is 2.26 bits per heavy atom. The SMILES string of the molecule is COC1(C)CC(C(=O)N2Cc3ccc(C(=O)N4CCN(C(C)C)CC4)n3Cc3ccccc32)=CC=C1c1ccccc1. The summed E-state index contributed by atoms with van der Waals surface area (Å²) >= 11 is 0. The third kappa shape index (κ3) is 5.12. The second kappa shape index (κ2) is 11.4. The zero-order valence-corrected chi connectivity index (χ0v) is 25.0. The number of hydrogen-bond donors (Lipinski definition) is 0. The Balaban J connectivity index is 1.31. The van der Waals surface area contributed by atoms with Crippen LogP contribution in [0, 0.1) is 0 Å². The van der Waals surface area contributed by atoms with E-state index >= 15 is 0 Å². The Kier molecular flexibility index (Phi) is 7.64. The maximum atomic E-state index is 14.3. The zero-order valence-electron chi connectivity index (χ0n) is 25.0. The summed E-state index contributed by atoms with van der Waals surface area (Å²) in [6.07, 6.45) is 4.44. The standard InChI is InChI=1S/C35H40N4O3/c1-25(2)36-18-20-37(21-19-36)34(41)32-17-15-29-24-39(31-13-9-8-12-28(31)23-38(29)32)33(40)27-14-16-30(35(3,22-27)42-4)26-10-6-5-7-11-26/h5-17,25H,18-24H2,1-4H3. The van der Waals surface area contributed by atoms with Crippen molar-refractivity contribution in [1.82, 2.24) is 14.4 Å². The number of anilines is 1. The first-order chi connectivity index (χ1) is 20.3. The van der Waals surface area contributed by atoms with Crippen LogP contribution < -0.4 is 4.90 Å². The van der Waals surface area contributed by atoms with Crippen molar-refractivity contribution in [2.75, 3.05) is 38.2 Å². The molecule has 7 heteroatoms. The Hall–Kier alpha value is -3.94. The number of allylic oxidation sites excluding steroid dienone is 2. The van der Waals surface area contributed by atoms with E-state index in [1.807, 2.05) is 77.4 Å². The molecule has 2 aromatic carbocycles. The minimum absolute atomic E-state index is 0.0404. The molecule has 0 saturated carbocycles. The molecule has 3 aliphatic rings. The van der Waals surface area contributed by atoms with E-state index in [-0.39, 0.29) is 11.8 Å². The van der Waals surface area contributed by atoms with E-state index in [1.54, 1.807) is 7.11 Å². The summed E-state index contributed by atoms with van der Waals surface area (Å²) in [6.45, 7) is 10.6. The fourth-order valence-corrected chi connectivity index (χ4v) is 6.53. The van der Waals surface area contributed by atoms with Gasteiger partial charge < -0.3 is 19.1 Å². The molecule has 3 heterocycles. The molecule has 6 rings (SSSR count). The fourth-order valence-electron chi connectivity index (χ4n) is 6.53. The van der Waals surface area contributed by atoms with Crippen molar-refractivity contribution in [1.29, 1.82) is 0 Å². The monoisotopic (exact) mass is 564 g/mol. The smallest absolute Gasteiger partial charge is 0.270 e. The van der Waals surface area contributed by atoms with Gasteiger partial charge in [0, 0.05) is 62.7 Å². The highest BCUT2D eigenvalue weighted by molar-refractivity contribution is 6.07. The third-order valence-electron chi connectivity index (χ3n) is 9.16. The van der Waals surface area contributed by atoms with Crippen LogP contribution in [-0.4, -0.2) is 71.1 Å². The molecule has 3 aromatic rings. The van der Waals surface area contributed by atoms with E-state index in [9.17, 15) is 9.59 Å². The molecule has 1 saturated heterocycles. The molecular formula is C35H40N4O3. The summed E-state index contributed by atoms with van der Waals surface area (Å²) in [5.74, 6) is 0.0211. The molecule has 42 heavy (non-hydrogen) atoms. The normalized spacial score (nSPS) is 20.9. The highest BCUT2D eigenvalue weighted by Crippen LogP contribution is 2.40. The second-order valence-electron chi connectivity index (χ2n) is 12.0.